The van der Waals surface area contributed by atoms with Crippen molar-refractivity contribution in [1.29, 1.82) is 0 Å². The molecule has 0 aromatic rings. The van der Waals surface area contributed by atoms with Crippen LogP contribution in [0.3, 0.4) is 0 Å². The molecule has 1 atom stereocenters. The van der Waals surface area contributed by atoms with Crippen molar-refractivity contribution in [3.63, 3.8) is 0 Å². The Balaban J connectivity index is 4.57. The average Bonchev–Trinajstić information content (AvgIpc) is 3.30. The van der Waals surface area contributed by atoms with E-state index in [0.717, 1.165) is 122 Å². The number of carbonyl (C=O) groups is 3. The molecule has 0 aliphatic rings. The number of rotatable bonds is 44. The lowest BCUT2D eigenvalue weighted by Gasteiger charge is -2.18. The summed E-state index contributed by atoms with van der Waals surface area (Å²) in [5, 5.41) is 0. The zero-order chi connectivity index (χ0) is 47.2. The van der Waals surface area contributed by atoms with Crippen LogP contribution in [0.1, 0.15) is 201 Å². The van der Waals surface area contributed by atoms with Gasteiger partial charge in [0.25, 0.3) is 0 Å². The number of hydrogen-bond donors (Lipinski definition) is 0. The highest BCUT2D eigenvalue weighted by molar-refractivity contribution is 5.71. The van der Waals surface area contributed by atoms with Gasteiger partial charge in [-0.2, -0.15) is 0 Å². The van der Waals surface area contributed by atoms with E-state index in [9.17, 15) is 14.4 Å². The van der Waals surface area contributed by atoms with E-state index >= 15 is 0 Å². The maximum Gasteiger partial charge on any atom is 0.306 e. The van der Waals surface area contributed by atoms with Gasteiger partial charge in [0.2, 0.25) is 0 Å². The lowest BCUT2D eigenvalue weighted by molar-refractivity contribution is -0.166. The third-order valence-electron chi connectivity index (χ3n) is 10.2. The van der Waals surface area contributed by atoms with Gasteiger partial charge in [0.05, 0.1) is 0 Å². The van der Waals surface area contributed by atoms with Crippen LogP contribution >= 0.6 is 0 Å². The van der Waals surface area contributed by atoms with Crippen LogP contribution in [0.2, 0.25) is 0 Å². The average molecular weight is 897 g/mol. The van der Waals surface area contributed by atoms with Crippen molar-refractivity contribution < 1.29 is 28.6 Å². The number of hydrogen-bond acceptors (Lipinski definition) is 6. The number of unbranched alkanes of at least 4 members (excludes halogenated alkanes) is 14. The fourth-order valence-corrected chi connectivity index (χ4v) is 6.40. The minimum absolute atomic E-state index is 0.122. The van der Waals surface area contributed by atoms with E-state index in [0.29, 0.717) is 12.8 Å². The number of ether oxygens (including phenoxy) is 3. The molecule has 0 aliphatic heterocycles. The predicted octanol–water partition coefficient (Wildman–Crippen LogP) is 17.1. The van der Waals surface area contributed by atoms with E-state index in [1.807, 2.05) is 18.2 Å². The molecule has 0 bridgehead atoms. The molecule has 6 nitrogen and oxygen atoms in total. The summed E-state index contributed by atoms with van der Waals surface area (Å²) in [6, 6.07) is 0. The molecule has 364 valence electrons. The number of carbonyl (C=O) groups excluding carboxylic acids is 3. The van der Waals surface area contributed by atoms with Crippen LogP contribution in [-0.2, 0) is 28.6 Å². The monoisotopic (exact) mass is 897 g/mol. The Morgan fingerprint density at radius 1 is 0.338 bits per heavy atom. The topological polar surface area (TPSA) is 78.9 Å². The van der Waals surface area contributed by atoms with Crippen molar-refractivity contribution in [2.45, 2.75) is 207 Å². The highest BCUT2D eigenvalue weighted by Gasteiger charge is 2.19. The molecule has 0 spiro atoms. The van der Waals surface area contributed by atoms with Crippen LogP contribution in [0.25, 0.3) is 0 Å². The van der Waals surface area contributed by atoms with Gasteiger partial charge in [0.15, 0.2) is 6.10 Å². The zero-order valence-corrected chi connectivity index (χ0v) is 41.4. The summed E-state index contributed by atoms with van der Waals surface area (Å²) < 4.78 is 16.7. The summed E-state index contributed by atoms with van der Waals surface area (Å²) in [7, 11) is 0. The van der Waals surface area contributed by atoms with Crippen molar-refractivity contribution >= 4 is 17.9 Å². The second-order valence-corrected chi connectivity index (χ2v) is 16.4. The Morgan fingerprint density at radius 2 is 0.708 bits per heavy atom. The predicted molar refractivity (Wildman–Crippen MR) is 279 cm³/mol. The van der Waals surface area contributed by atoms with Gasteiger partial charge in [-0.1, -0.05) is 212 Å². The van der Waals surface area contributed by atoms with Crippen LogP contribution in [0.5, 0.6) is 0 Å². The number of allylic oxidation sites excluding steroid dienone is 22. The molecule has 0 radical (unpaired) electrons. The summed E-state index contributed by atoms with van der Waals surface area (Å²) >= 11 is 0. The molecular weight excluding hydrogens is 805 g/mol. The Bertz CT molecular complexity index is 1450. The number of esters is 3. The van der Waals surface area contributed by atoms with E-state index in [1.165, 1.54) is 32.1 Å². The molecule has 6 heteroatoms. The second-order valence-electron chi connectivity index (χ2n) is 16.4. The summed E-state index contributed by atoms with van der Waals surface area (Å²) in [5.41, 5.74) is 0. The maximum atomic E-state index is 12.8. The van der Waals surface area contributed by atoms with Crippen molar-refractivity contribution in [3.8, 4) is 0 Å². The van der Waals surface area contributed by atoms with Gasteiger partial charge in [-0.3, -0.25) is 14.4 Å². The zero-order valence-electron chi connectivity index (χ0n) is 41.4. The largest absolute Gasteiger partial charge is 0.462 e. The van der Waals surface area contributed by atoms with Gasteiger partial charge in [-0.05, 0) is 103 Å². The smallest absolute Gasteiger partial charge is 0.306 e. The summed E-state index contributed by atoms with van der Waals surface area (Å²) in [6.45, 7) is 6.24. The minimum atomic E-state index is -0.828. The normalized spacial score (nSPS) is 13.2. The fraction of sp³-hybridized carbons (Fsp3) is 0.576. The molecule has 0 saturated heterocycles. The van der Waals surface area contributed by atoms with Crippen LogP contribution in [0, 0.1) is 0 Å². The Morgan fingerprint density at radius 3 is 1.18 bits per heavy atom. The van der Waals surface area contributed by atoms with Crippen molar-refractivity contribution in [2.24, 2.45) is 0 Å². The van der Waals surface area contributed by atoms with Crippen LogP contribution in [-0.4, -0.2) is 37.2 Å². The summed E-state index contributed by atoms with van der Waals surface area (Å²) in [5.74, 6) is -1.05. The molecule has 65 heavy (non-hydrogen) atoms. The Labute approximate surface area is 398 Å². The van der Waals surface area contributed by atoms with Gasteiger partial charge >= 0.3 is 17.9 Å². The van der Waals surface area contributed by atoms with Gasteiger partial charge in [-0.25, -0.2) is 0 Å². The van der Waals surface area contributed by atoms with E-state index in [-0.39, 0.29) is 44.0 Å². The third kappa shape index (κ3) is 50.4. The van der Waals surface area contributed by atoms with E-state index in [2.05, 4.69) is 136 Å². The van der Waals surface area contributed by atoms with Crippen LogP contribution in [0.15, 0.2) is 134 Å². The second kappa shape index (κ2) is 52.2. The molecule has 0 aliphatic carbocycles. The molecule has 1 unspecified atom stereocenters. The minimum Gasteiger partial charge on any atom is -0.462 e. The fourth-order valence-electron chi connectivity index (χ4n) is 6.40. The maximum absolute atomic E-state index is 12.8. The van der Waals surface area contributed by atoms with Gasteiger partial charge < -0.3 is 14.2 Å². The first-order chi connectivity index (χ1) is 32.0. The van der Waals surface area contributed by atoms with Crippen molar-refractivity contribution in [2.75, 3.05) is 13.2 Å². The SMILES string of the molecule is CC/C=C/C=C/C=C/CCCCCCCC(=O)OCC(COC(=O)CC/C=C/C/C=C/C/C=C/C/C=C/C/C=C/C/C=C/CC)OC(=O)CCCCCCCC/C=C/C=C/CCCCC. The van der Waals surface area contributed by atoms with Crippen molar-refractivity contribution in [1.82, 2.24) is 0 Å². The highest BCUT2D eigenvalue weighted by Crippen LogP contribution is 2.12. The highest BCUT2D eigenvalue weighted by atomic mass is 16.6. The van der Waals surface area contributed by atoms with Gasteiger partial charge in [0.1, 0.15) is 13.2 Å². The lowest BCUT2D eigenvalue weighted by atomic mass is 10.1. The van der Waals surface area contributed by atoms with Gasteiger partial charge in [-0.15, -0.1) is 0 Å². The molecule has 0 fully saturated rings. The van der Waals surface area contributed by atoms with Crippen LogP contribution < -0.4 is 0 Å². The van der Waals surface area contributed by atoms with Crippen molar-refractivity contribution in [3.05, 3.63) is 134 Å². The quantitative estimate of drug-likeness (QED) is 0.0199. The third-order valence-corrected chi connectivity index (χ3v) is 10.2. The molecule has 0 saturated carbocycles. The molecular formula is C59H92O6. The van der Waals surface area contributed by atoms with E-state index in [4.69, 9.17) is 14.2 Å². The first-order valence-corrected chi connectivity index (χ1v) is 25.7. The van der Waals surface area contributed by atoms with Gasteiger partial charge in [0, 0.05) is 19.3 Å². The standard InChI is InChI=1S/C59H92O6/c1-4-7-10-13-16-19-22-25-27-28-29-30-32-34-37-40-43-46-49-52-58(61)64-55-56(54-63-57(60)51-48-45-42-39-36-33-24-21-18-15-12-9-6-3)65-59(62)53-50-47-44-41-38-35-31-26-23-20-17-14-11-8-5-2/h7,9-10,12,15-21,23-27,29-30,34,37,43,46,56H,4-6,8,11,13-14,22,28,31-33,35-36,38-42,44-45,47-55H2,1-3H3/b10-7+,12-9+,18-15+,19-16+,20-17+,24-21+,26-23+,27-25+,30-29+,37-34+,46-43+. The summed E-state index contributed by atoms with van der Waals surface area (Å²) in [4.78, 5) is 38.0. The first kappa shape index (κ1) is 60.5. The molecule has 0 aromatic heterocycles. The van der Waals surface area contributed by atoms with Crippen LogP contribution in [0.4, 0.5) is 0 Å². The summed E-state index contributed by atoms with van der Waals surface area (Å²) in [6.07, 6.45) is 73.0. The van der Waals surface area contributed by atoms with E-state index < -0.39 is 6.10 Å². The lowest BCUT2D eigenvalue weighted by Crippen LogP contribution is -2.30. The molecule has 0 heterocycles. The molecule has 0 aromatic carbocycles. The van der Waals surface area contributed by atoms with E-state index in [1.54, 1.807) is 0 Å². The molecule has 0 N–H and O–H groups in total. The molecule has 0 amide bonds. The Kier molecular flexibility index (Phi) is 48.6. The Hall–Kier alpha value is -4.45. The first-order valence-electron chi connectivity index (χ1n) is 25.7. The molecule has 0 rings (SSSR count).